The Hall–Kier alpha value is -3.90. The molecule has 13 nitrogen and oxygen atoms in total. The number of likely N-dealkylation sites (tertiary alicyclic amines) is 1. The van der Waals surface area contributed by atoms with E-state index in [2.05, 4.69) is 16.0 Å². The molecule has 5 amide bonds. The Bertz CT molecular complexity index is 1110. The van der Waals surface area contributed by atoms with Crippen LogP contribution < -0.4 is 21.7 Å². The van der Waals surface area contributed by atoms with E-state index in [1.54, 1.807) is 32.9 Å². The predicted octanol–water partition coefficient (Wildman–Crippen LogP) is -0.310. The second kappa shape index (κ2) is 10.8. The first-order valence-corrected chi connectivity index (χ1v) is 12.3. The molecule has 0 aromatic carbocycles. The minimum atomic E-state index is -1.16. The molecular weight excluding hydrogens is 498 g/mol. The number of urea groups is 1. The third-order valence-corrected chi connectivity index (χ3v) is 7.20. The fourth-order valence-electron chi connectivity index (χ4n) is 4.92. The predicted molar refractivity (Wildman–Crippen MR) is 132 cm³/mol. The molecule has 13 heteroatoms. The van der Waals surface area contributed by atoms with Gasteiger partial charge in [-0.05, 0) is 34.8 Å². The summed E-state index contributed by atoms with van der Waals surface area (Å²) in [6, 6.07) is 0.614. The zero-order chi connectivity index (χ0) is 28.4. The van der Waals surface area contributed by atoms with Crippen LogP contribution in [0.3, 0.4) is 0 Å². The quantitative estimate of drug-likeness (QED) is 0.232. The van der Waals surface area contributed by atoms with Gasteiger partial charge < -0.3 is 35.7 Å². The van der Waals surface area contributed by atoms with Gasteiger partial charge in [0.15, 0.2) is 0 Å². The smallest absolute Gasteiger partial charge is 0.325 e. The molecule has 1 aliphatic heterocycles. The minimum Gasteiger partial charge on any atom is -0.466 e. The van der Waals surface area contributed by atoms with Gasteiger partial charge in [0.2, 0.25) is 17.6 Å². The normalized spacial score (nSPS) is 22.0. The van der Waals surface area contributed by atoms with Crippen molar-refractivity contribution >= 4 is 35.5 Å². The number of hydrogen-bond donors (Lipinski definition) is 4. The largest absolute Gasteiger partial charge is 0.466 e. The Morgan fingerprint density at radius 2 is 1.84 bits per heavy atom. The Balaban J connectivity index is 1.64. The van der Waals surface area contributed by atoms with Gasteiger partial charge in [0.1, 0.15) is 31.0 Å². The summed E-state index contributed by atoms with van der Waals surface area (Å²) in [5.41, 5.74) is 4.02. The van der Waals surface area contributed by atoms with Gasteiger partial charge in [0.25, 0.3) is 5.91 Å². The number of carbonyl (C=O) groups is 6. The number of piperidine rings is 1. The number of furan rings is 1. The van der Waals surface area contributed by atoms with Crippen molar-refractivity contribution in [3.63, 3.8) is 0 Å². The fourth-order valence-corrected chi connectivity index (χ4v) is 4.92. The number of hydrogen-bond acceptors (Lipinski definition) is 8. The molecule has 3 rings (SSSR count). The van der Waals surface area contributed by atoms with E-state index in [4.69, 9.17) is 14.9 Å². The summed E-state index contributed by atoms with van der Waals surface area (Å²) in [6.07, 6.45) is 1.44. The molecule has 0 unspecified atom stereocenters. The molecule has 0 bridgehead atoms. The van der Waals surface area contributed by atoms with Gasteiger partial charge in [-0.25, -0.2) is 4.79 Å². The average Bonchev–Trinajstić information content (AvgIpc) is 3.27. The van der Waals surface area contributed by atoms with E-state index in [1.165, 1.54) is 11.2 Å². The van der Waals surface area contributed by atoms with Crippen LogP contribution in [-0.2, 0) is 35.3 Å². The van der Waals surface area contributed by atoms with Gasteiger partial charge in [-0.2, -0.15) is 0 Å². The molecular formula is C25H35N5O8. The van der Waals surface area contributed by atoms with Crippen LogP contribution in [0, 0.1) is 22.7 Å². The topological polar surface area (TPSA) is 190 Å². The summed E-state index contributed by atoms with van der Waals surface area (Å²) >= 11 is 0. The molecule has 38 heavy (non-hydrogen) atoms. The maximum Gasteiger partial charge on any atom is 0.325 e. The highest BCUT2D eigenvalue weighted by Gasteiger charge is 2.69. The molecule has 1 aromatic rings. The van der Waals surface area contributed by atoms with Crippen molar-refractivity contribution in [2.24, 2.45) is 28.4 Å². The number of esters is 1. The van der Waals surface area contributed by atoms with Gasteiger partial charge >= 0.3 is 12.0 Å². The highest BCUT2D eigenvalue weighted by atomic mass is 16.5. The zero-order valence-electron chi connectivity index (χ0n) is 22.2. The van der Waals surface area contributed by atoms with Crippen molar-refractivity contribution in [1.29, 1.82) is 0 Å². The zero-order valence-corrected chi connectivity index (χ0v) is 22.2. The number of rotatable bonds is 10. The van der Waals surface area contributed by atoms with Gasteiger partial charge in [0, 0.05) is 6.54 Å². The first kappa shape index (κ1) is 28.7. The minimum absolute atomic E-state index is 0.0624. The van der Waals surface area contributed by atoms with Crippen molar-refractivity contribution in [1.82, 2.24) is 20.9 Å². The van der Waals surface area contributed by atoms with Crippen LogP contribution in [0.15, 0.2) is 22.8 Å². The van der Waals surface area contributed by atoms with Gasteiger partial charge in [-0.15, -0.1) is 0 Å². The molecule has 0 radical (unpaired) electrons. The van der Waals surface area contributed by atoms with Crippen molar-refractivity contribution in [3.05, 3.63) is 24.2 Å². The Labute approximate surface area is 220 Å². The molecule has 5 N–H and O–H groups in total. The molecule has 2 fully saturated rings. The van der Waals surface area contributed by atoms with Gasteiger partial charge in [-0.1, -0.05) is 34.6 Å². The molecule has 2 heterocycles. The summed E-state index contributed by atoms with van der Waals surface area (Å²) in [5.74, 6) is -3.48. The number of fused-ring (bicyclic) bond motifs is 1. The molecule has 208 valence electrons. The number of ketones is 1. The molecule has 4 atom stereocenters. The number of nitrogens with one attached hydrogen (secondary N) is 3. The monoisotopic (exact) mass is 533 g/mol. The van der Waals surface area contributed by atoms with E-state index in [-0.39, 0.29) is 23.9 Å². The van der Waals surface area contributed by atoms with E-state index in [1.807, 2.05) is 13.8 Å². The van der Waals surface area contributed by atoms with E-state index in [0.29, 0.717) is 12.3 Å². The molecule has 0 spiro atoms. The van der Waals surface area contributed by atoms with Crippen LogP contribution in [-0.4, -0.2) is 72.1 Å². The number of carbonyl (C=O) groups excluding carboxylic acids is 6. The third kappa shape index (κ3) is 6.32. The van der Waals surface area contributed by atoms with Crippen LogP contribution in [0.1, 0.15) is 40.4 Å². The van der Waals surface area contributed by atoms with E-state index < -0.39 is 66.1 Å². The number of nitrogens with two attached hydrogens (primary N) is 1. The summed E-state index contributed by atoms with van der Waals surface area (Å²) in [5, 5.41) is 7.42. The summed E-state index contributed by atoms with van der Waals surface area (Å²) in [4.78, 5) is 75.4. The standard InChI is InChI=1S/C25H35N5O8/c1-24(2,3)19(29-23(36)28-10-16(32)38-12-13-7-6-8-37-13)22(35)30-11-14-17(25(14,4)5)18(30)21(34)27-9-15(31)20(26)33/h6-8,14,17-19H,9-12H2,1-5H3,(H2,26,33)(H,27,34)(H2,28,29,36)/t14-,17-,18-,19+/m0/s1. The molecule has 2 aliphatic rings. The first-order valence-electron chi connectivity index (χ1n) is 12.3. The lowest BCUT2D eigenvalue weighted by Gasteiger charge is -2.37. The Kier molecular flexibility index (Phi) is 8.18. The lowest BCUT2D eigenvalue weighted by molar-refractivity contribution is -0.144. The van der Waals surface area contributed by atoms with Crippen molar-refractivity contribution < 1.29 is 37.9 Å². The van der Waals surface area contributed by atoms with E-state index in [0.717, 1.165) is 0 Å². The third-order valence-electron chi connectivity index (χ3n) is 7.20. The lowest BCUT2D eigenvalue weighted by Crippen LogP contribution is -2.60. The van der Waals surface area contributed by atoms with Gasteiger partial charge in [-0.3, -0.25) is 24.0 Å². The van der Waals surface area contributed by atoms with E-state index in [9.17, 15) is 28.8 Å². The van der Waals surface area contributed by atoms with Crippen LogP contribution in [0.2, 0.25) is 0 Å². The van der Waals surface area contributed by atoms with E-state index >= 15 is 0 Å². The number of ether oxygens (including phenoxy) is 1. The van der Waals surface area contributed by atoms with Crippen LogP contribution in [0.5, 0.6) is 0 Å². The fraction of sp³-hybridized carbons (Fsp3) is 0.600. The van der Waals surface area contributed by atoms with Crippen molar-refractivity contribution in [3.8, 4) is 0 Å². The second-order valence-electron chi connectivity index (χ2n) is 11.3. The second-order valence-corrected chi connectivity index (χ2v) is 11.3. The van der Waals surface area contributed by atoms with Crippen molar-refractivity contribution in [2.75, 3.05) is 19.6 Å². The summed E-state index contributed by atoms with van der Waals surface area (Å²) in [6.45, 7) is 8.49. The highest BCUT2D eigenvalue weighted by molar-refractivity contribution is 6.36. The maximum absolute atomic E-state index is 13.7. The molecule has 1 saturated carbocycles. The summed E-state index contributed by atoms with van der Waals surface area (Å²) < 4.78 is 10.1. The average molecular weight is 534 g/mol. The van der Waals surface area contributed by atoms with Gasteiger partial charge in [0.05, 0.1) is 12.8 Å². The number of amides is 5. The Morgan fingerprint density at radius 3 is 2.42 bits per heavy atom. The first-order chi connectivity index (χ1) is 17.6. The highest BCUT2D eigenvalue weighted by Crippen LogP contribution is 2.65. The summed E-state index contributed by atoms with van der Waals surface area (Å²) in [7, 11) is 0. The lowest BCUT2D eigenvalue weighted by atomic mass is 9.85. The van der Waals surface area contributed by atoms with Crippen LogP contribution >= 0.6 is 0 Å². The number of nitrogens with zero attached hydrogens (tertiary/aromatic N) is 1. The maximum atomic E-state index is 13.7. The molecule has 1 aliphatic carbocycles. The van der Waals surface area contributed by atoms with Crippen LogP contribution in [0.25, 0.3) is 0 Å². The molecule has 1 aromatic heterocycles. The van der Waals surface area contributed by atoms with Crippen LogP contribution in [0.4, 0.5) is 4.79 Å². The number of Topliss-reactive ketones (excluding diaryl/α,β-unsaturated/α-hetero) is 1. The molecule has 1 saturated heterocycles. The van der Waals surface area contributed by atoms with Crippen molar-refractivity contribution in [2.45, 2.75) is 53.3 Å². The Morgan fingerprint density at radius 1 is 1.16 bits per heavy atom. The number of primary amides is 1. The SMILES string of the molecule is CC(C)(C)[C@H](NC(=O)NCC(=O)OCc1ccco1)C(=O)N1C[C@H]2[C@@H]([C@H]1C(=O)NCC(=O)C(N)=O)C2(C)C.